The van der Waals surface area contributed by atoms with E-state index in [1.165, 1.54) is 10.6 Å². The van der Waals surface area contributed by atoms with E-state index in [2.05, 4.69) is 34.4 Å². The molecule has 2 rings (SSSR count). The Morgan fingerprint density at radius 1 is 1.33 bits per heavy atom. The van der Waals surface area contributed by atoms with Crippen LogP contribution in [0.1, 0.15) is 32.9 Å². The van der Waals surface area contributed by atoms with Crippen LogP contribution in [0, 0.1) is 6.92 Å². The van der Waals surface area contributed by atoms with Gasteiger partial charge in [0, 0.05) is 37.7 Å². The third kappa shape index (κ3) is 5.28. The number of carbonyl (C=O) groups excluding carboxylic acids is 1. The topological polar surface area (TPSA) is 76.1 Å². The fraction of sp³-hybridized carbons (Fsp3) is 0.471. The summed E-state index contributed by atoms with van der Waals surface area (Å²) in [6.45, 7) is 5.99. The Balaban J connectivity index is 1.80. The quantitative estimate of drug-likeness (QED) is 0.681. The van der Waals surface area contributed by atoms with Crippen LogP contribution in [0.3, 0.4) is 0 Å². The minimum absolute atomic E-state index is 0.142. The van der Waals surface area contributed by atoms with Crippen molar-refractivity contribution in [3.8, 4) is 0 Å². The number of thiazole rings is 1. The minimum atomic E-state index is -0.142. The van der Waals surface area contributed by atoms with E-state index in [1.807, 2.05) is 6.07 Å². The van der Waals surface area contributed by atoms with Crippen LogP contribution in [-0.4, -0.2) is 42.7 Å². The lowest BCUT2D eigenvalue weighted by Gasteiger charge is -2.06. The standard InChI is InChI=1S/C17H24N4O2S/c1-4-14-12(2)24-16(21-14)7-8-18-15-6-5-13(11-20-15)17(22)19-9-10-23-3/h5-6,11H,4,7-10H2,1-3H3,(H,18,20)(H,19,22). The van der Waals surface area contributed by atoms with Crippen molar-refractivity contribution in [3.63, 3.8) is 0 Å². The molecule has 0 spiro atoms. The van der Waals surface area contributed by atoms with Gasteiger partial charge < -0.3 is 15.4 Å². The van der Waals surface area contributed by atoms with Crippen LogP contribution in [0.4, 0.5) is 5.82 Å². The van der Waals surface area contributed by atoms with Crippen molar-refractivity contribution in [1.82, 2.24) is 15.3 Å². The van der Waals surface area contributed by atoms with Crippen molar-refractivity contribution in [2.24, 2.45) is 0 Å². The molecule has 0 atom stereocenters. The Morgan fingerprint density at radius 3 is 2.79 bits per heavy atom. The smallest absolute Gasteiger partial charge is 0.252 e. The van der Waals surface area contributed by atoms with Crippen molar-refractivity contribution >= 4 is 23.1 Å². The summed E-state index contributed by atoms with van der Waals surface area (Å²) < 4.78 is 4.90. The third-order valence-corrected chi connectivity index (χ3v) is 4.61. The molecule has 130 valence electrons. The number of pyridine rings is 1. The van der Waals surface area contributed by atoms with Gasteiger partial charge in [-0.25, -0.2) is 9.97 Å². The summed E-state index contributed by atoms with van der Waals surface area (Å²) in [6, 6.07) is 3.58. The second-order valence-electron chi connectivity index (χ2n) is 5.32. The number of aryl methyl sites for hydroxylation is 2. The van der Waals surface area contributed by atoms with E-state index in [9.17, 15) is 4.79 Å². The maximum absolute atomic E-state index is 11.9. The number of nitrogens with one attached hydrogen (secondary N) is 2. The highest BCUT2D eigenvalue weighted by Crippen LogP contribution is 2.18. The first-order valence-electron chi connectivity index (χ1n) is 8.06. The summed E-state index contributed by atoms with van der Waals surface area (Å²) in [5, 5.41) is 7.17. The van der Waals surface area contributed by atoms with Crippen LogP contribution in [0.2, 0.25) is 0 Å². The van der Waals surface area contributed by atoms with Gasteiger partial charge in [0.2, 0.25) is 0 Å². The highest BCUT2D eigenvalue weighted by Gasteiger charge is 2.07. The zero-order chi connectivity index (χ0) is 17.4. The number of amides is 1. The molecule has 6 nitrogen and oxygen atoms in total. The number of nitrogens with zero attached hydrogens (tertiary/aromatic N) is 2. The maximum Gasteiger partial charge on any atom is 0.252 e. The summed E-state index contributed by atoms with van der Waals surface area (Å²) in [4.78, 5) is 22.1. The largest absolute Gasteiger partial charge is 0.383 e. The molecule has 0 saturated heterocycles. The van der Waals surface area contributed by atoms with Gasteiger partial charge in [-0.05, 0) is 25.5 Å². The summed E-state index contributed by atoms with van der Waals surface area (Å²) in [5.41, 5.74) is 1.73. The van der Waals surface area contributed by atoms with E-state index in [-0.39, 0.29) is 5.91 Å². The molecule has 0 aliphatic heterocycles. The molecule has 2 aromatic rings. The summed E-state index contributed by atoms with van der Waals surface area (Å²) >= 11 is 1.76. The zero-order valence-corrected chi connectivity index (χ0v) is 15.2. The van der Waals surface area contributed by atoms with Crippen LogP contribution in [-0.2, 0) is 17.6 Å². The Bertz CT molecular complexity index is 655. The lowest BCUT2D eigenvalue weighted by atomic mass is 10.2. The average Bonchev–Trinajstić information content (AvgIpc) is 2.95. The van der Waals surface area contributed by atoms with Crippen molar-refractivity contribution < 1.29 is 9.53 Å². The Morgan fingerprint density at radius 2 is 2.17 bits per heavy atom. The van der Waals surface area contributed by atoms with E-state index in [1.54, 1.807) is 30.7 Å². The second-order valence-corrected chi connectivity index (χ2v) is 6.61. The molecule has 0 bridgehead atoms. The molecular formula is C17H24N4O2S. The van der Waals surface area contributed by atoms with Crippen LogP contribution in [0.5, 0.6) is 0 Å². The van der Waals surface area contributed by atoms with E-state index < -0.39 is 0 Å². The first kappa shape index (κ1) is 18.4. The number of carbonyl (C=O) groups is 1. The molecule has 0 aromatic carbocycles. The lowest BCUT2D eigenvalue weighted by molar-refractivity contribution is 0.0937. The molecule has 0 aliphatic rings. The minimum Gasteiger partial charge on any atom is -0.383 e. The van der Waals surface area contributed by atoms with Gasteiger partial charge in [-0.3, -0.25) is 4.79 Å². The van der Waals surface area contributed by atoms with Gasteiger partial charge >= 0.3 is 0 Å². The fourth-order valence-electron chi connectivity index (χ4n) is 2.22. The van der Waals surface area contributed by atoms with Gasteiger partial charge in [0.15, 0.2) is 0 Å². The molecule has 24 heavy (non-hydrogen) atoms. The normalized spacial score (nSPS) is 10.6. The van der Waals surface area contributed by atoms with Crippen molar-refractivity contribution in [2.75, 3.05) is 32.1 Å². The van der Waals surface area contributed by atoms with Crippen molar-refractivity contribution in [2.45, 2.75) is 26.7 Å². The monoisotopic (exact) mass is 348 g/mol. The molecule has 2 heterocycles. The number of methoxy groups -OCH3 is 1. The zero-order valence-electron chi connectivity index (χ0n) is 14.4. The third-order valence-electron chi connectivity index (χ3n) is 3.53. The van der Waals surface area contributed by atoms with E-state index in [4.69, 9.17) is 4.74 Å². The van der Waals surface area contributed by atoms with Crippen LogP contribution in [0.15, 0.2) is 18.3 Å². The molecule has 0 unspecified atom stereocenters. The van der Waals surface area contributed by atoms with Gasteiger partial charge in [-0.2, -0.15) is 0 Å². The first-order chi connectivity index (χ1) is 11.6. The van der Waals surface area contributed by atoms with Crippen LogP contribution < -0.4 is 10.6 Å². The highest BCUT2D eigenvalue weighted by atomic mass is 32.1. The molecule has 2 N–H and O–H groups in total. The second kappa shape index (κ2) is 9.34. The highest BCUT2D eigenvalue weighted by molar-refractivity contribution is 7.11. The number of anilines is 1. The number of aromatic nitrogens is 2. The summed E-state index contributed by atoms with van der Waals surface area (Å²) in [7, 11) is 1.60. The van der Waals surface area contributed by atoms with Gasteiger partial charge in [-0.15, -0.1) is 11.3 Å². The fourth-order valence-corrected chi connectivity index (χ4v) is 3.24. The lowest BCUT2D eigenvalue weighted by Crippen LogP contribution is -2.27. The molecule has 7 heteroatoms. The van der Waals surface area contributed by atoms with Gasteiger partial charge in [0.05, 0.1) is 22.9 Å². The Hall–Kier alpha value is -1.99. The molecule has 1 amide bonds. The van der Waals surface area contributed by atoms with Crippen LogP contribution in [0.25, 0.3) is 0 Å². The summed E-state index contributed by atoms with van der Waals surface area (Å²) in [6.07, 6.45) is 3.42. The molecule has 0 aliphatic carbocycles. The van der Waals surface area contributed by atoms with Crippen molar-refractivity contribution in [3.05, 3.63) is 39.5 Å². The maximum atomic E-state index is 11.9. The molecule has 0 fully saturated rings. The Labute approximate surface area is 146 Å². The van der Waals surface area contributed by atoms with E-state index >= 15 is 0 Å². The SMILES string of the molecule is CCc1nc(CCNc2ccc(C(=O)NCCOC)cn2)sc1C. The van der Waals surface area contributed by atoms with Gasteiger partial charge in [0.25, 0.3) is 5.91 Å². The number of hydrogen-bond acceptors (Lipinski definition) is 6. The van der Waals surface area contributed by atoms with Gasteiger partial charge in [-0.1, -0.05) is 6.92 Å². The number of rotatable bonds is 9. The van der Waals surface area contributed by atoms with Gasteiger partial charge in [0.1, 0.15) is 5.82 Å². The number of hydrogen-bond donors (Lipinski definition) is 2. The van der Waals surface area contributed by atoms with Crippen LogP contribution >= 0.6 is 11.3 Å². The predicted octanol–water partition coefficient (Wildman–Crippen LogP) is 2.44. The van der Waals surface area contributed by atoms with E-state index in [0.717, 1.165) is 30.2 Å². The molecule has 2 aromatic heterocycles. The first-order valence-corrected chi connectivity index (χ1v) is 8.88. The van der Waals surface area contributed by atoms with Crippen molar-refractivity contribution in [1.29, 1.82) is 0 Å². The predicted molar refractivity (Wildman–Crippen MR) is 96.9 cm³/mol. The molecule has 0 radical (unpaired) electrons. The molecule has 0 saturated carbocycles. The summed E-state index contributed by atoms with van der Waals surface area (Å²) in [5.74, 6) is 0.615. The average molecular weight is 348 g/mol. The number of ether oxygens (including phenoxy) is 1. The Kier molecular flexibility index (Phi) is 7.14. The molecular weight excluding hydrogens is 324 g/mol. The van der Waals surface area contributed by atoms with E-state index in [0.29, 0.717) is 18.7 Å².